The first-order valence-electron chi connectivity index (χ1n) is 5.97. The first-order valence-corrected chi connectivity index (χ1v) is 5.97. The number of carbonyl (C=O) groups is 1. The van der Waals surface area contributed by atoms with Gasteiger partial charge in [0.1, 0.15) is 0 Å². The molecule has 1 aliphatic rings. The Morgan fingerprint density at radius 1 is 1.35 bits per heavy atom. The molecule has 0 aromatic heterocycles. The van der Waals surface area contributed by atoms with E-state index in [0.717, 1.165) is 6.42 Å². The van der Waals surface area contributed by atoms with Crippen LogP contribution in [0.25, 0.3) is 0 Å². The van der Waals surface area contributed by atoms with Crippen LogP contribution in [0.5, 0.6) is 0 Å². The van der Waals surface area contributed by atoms with Gasteiger partial charge in [0, 0.05) is 13.7 Å². The molecule has 0 aliphatic heterocycles. The van der Waals surface area contributed by atoms with E-state index in [0.29, 0.717) is 25.9 Å². The van der Waals surface area contributed by atoms with Gasteiger partial charge in [-0.05, 0) is 36.8 Å². The lowest BCUT2D eigenvalue weighted by Gasteiger charge is -2.23. The SMILES string of the molecule is COCCCC1(C(=O)O)Cc2ccccc2C1. The van der Waals surface area contributed by atoms with Crippen LogP contribution in [0.4, 0.5) is 0 Å². The van der Waals surface area contributed by atoms with Crippen molar-refractivity contribution in [1.82, 2.24) is 0 Å². The number of fused-ring (bicyclic) bond motifs is 1. The van der Waals surface area contributed by atoms with Crippen LogP contribution in [0.3, 0.4) is 0 Å². The van der Waals surface area contributed by atoms with Crippen LogP contribution in [0.2, 0.25) is 0 Å². The summed E-state index contributed by atoms with van der Waals surface area (Å²) >= 11 is 0. The molecule has 0 saturated carbocycles. The fraction of sp³-hybridized carbons (Fsp3) is 0.500. The summed E-state index contributed by atoms with van der Waals surface area (Å²) in [5.41, 5.74) is 1.77. The monoisotopic (exact) mass is 234 g/mol. The molecular formula is C14H18O3. The average Bonchev–Trinajstić information content (AvgIpc) is 2.69. The van der Waals surface area contributed by atoms with Crippen LogP contribution in [-0.2, 0) is 22.4 Å². The first-order chi connectivity index (χ1) is 8.18. The van der Waals surface area contributed by atoms with Gasteiger partial charge in [-0.25, -0.2) is 0 Å². The second-order valence-corrected chi connectivity index (χ2v) is 4.80. The summed E-state index contributed by atoms with van der Waals surface area (Å²) in [6, 6.07) is 8.03. The summed E-state index contributed by atoms with van der Waals surface area (Å²) in [5.74, 6) is -0.676. The topological polar surface area (TPSA) is 46.5 Å². The largest absolute Gasteiger partial charge is 0.481 e. The Balaban J connectivity index is 2.14. The molecule has 3 heteroatoms. The summed E-state index contributed by atoms with van der Waals surface area (Å²) in [5, 5.41) is 9.49. The van der Waals surface area contributed by atoms with Gasteiger partial charge < -0.3 is 9.84 Å². The highest BCUT2D eigenvalue weighted by Gasteiger charge is 2.43. The first kappa shape index (κ1) is 12.1. The number of carboxylic acid groups (broad SMARTS) is 1. The van der Waals surface area contributed by atoms with Crippen molar-refractivity contribution in [1.29, 1.82) is 0 Å². The van der Waals surface area contributed by atoms with Crippen LogP contribution in [0, 0.1) is 5.41 Å². The normalized spacial score (nSPS) is 16.8. The van der Waals surface area contributed by atoms with E-state index in [1.807, 2.05) is 24.3 Å². The summed E-state index contributed by atoms with van der Waals surface area (Å²) in [6.45, 7) is 0.630. The number of hydrogen-bond acceptors (Lipinski definition) is 2. The maximum Gasteiger partial charge on any atom is 0.310 e. The highest BCUT2D eigenvalue weighted by atomic mass is 16.5. The average molecular weight is 234 g/mol. The smallest absolute Gasteiger partial charge is 0.310 e. The van der Waals surface area contributed by atoms with Gasteiger partial charge in [0.25, 0.3) is 0 Å². The van der Waals surface area contributed by atoms with Gasteiger partial charge >= 0.3 is 5.97 Å². The van der Waals surface area contributed by atoms with Crippen molar-refractivity contribution in [3.05, 3.63) is 35.4 Å². The third-order valence-electron chi connectivity index (χ3n) is 3.63. The van der Waals surface area contributed by atoms with Gasteiger partial charge in [-0.1, -0.05) is 24.3 Å². The Kier molecular flexibility index (Phi) is 3.48. The van der Waals surface area contributed by atoms with Crippen molar-refractivity contribution >= 4 is 5.97 Å². The Labute approximate surface area is 101 Å². The summed E-state index contributed by atoms with van der Waals surface area (Å²) in [4.78, 5) is 11.5. The standard InChI is InChI=1S/C14H18O3/c1-17-8-4-7-14(13(15)16)9-11-5-2-3-6-12(11)10-14/h2-3,5-6H,4,7-10H2,1H3,(H,15,16). The molecule has 0 atom stereocenters. The molecule has 0 heterocycles. The van der Waals surface area contributed by atoms with Crippen LogP contribution in [-0.4, -0.2) is 24.8 Å². The van der Waals surface area contributed by atoms with Crippen molar-refractivity contribution < 1.29 is 14.6 Å². The summed E-state index contributed by atoms with van der Waals surface area (Å²) in [6.07, 6.45) is 2.80. The zero-order valence-electron chi connectivity index (χ0n) is 10.1. The molecule has 92 valence electrons. The molecular weight excluding hydrogens is 216 g/mol. The Morgan fingerprint density at radius 3 is 2.41 bits per heavy atom. The molecule has 0 amide bonds. The van der Waals surface area contributed by atoms with Crippen molar-refractivity contribution in [2.45, 2.75) is 25.7 Å². The molecule has 0 bridgehead atoms. The molecule has 0 unspecified atom stereocenters. The van der Waals surface area contributed by atoms with Crippen LogP contribution >= 0.6 is 0 Å². The number of hydrogen-bond donors (Lipinski definition) is 1. The van der Waals surface area contributed by atoms with Crippen molar-refractivity contribution in [2.24, 2.45) is 5.41 Å². The van der Waals surface area contributed by atoms with Crippen molar-refractivity contribution in [2.75, 3.05) is 13.7 Å². The van der Waals surface area contributed by atoms with E-state index < -0.39 is 11.4 Å². The number of benzene rings is 1. The molecule has 0 spiro atoms. The number of carboxylic acids is 1. The number of rotatable bonds is 5. The lowest BCUT2D eigenvalue weighted by Crippen LogP contribution is -2.32. The highest BCUT2D eigenvalue weighted by molar-refractivity contribution is 5.77. The predicted octanol–water partition coefficient (Wildman–Crippen LogP) is 2.28. The van der Waals surface area contributed by atoms with E-state index in [2.05, 4.69) is 0 Å². The summed E-state index contributed by atoms with van der Waals surface area (Å²) in [7, 11) is 1.65. The van der Waals surface area contributed by atoms with E-state index in [1.165, 1.54) is 11.1 Å². The number of methoxy groups -OCH3 is 1. The van der Waals surface area contributed by atoms with E-state index in [4.69, 9.17) is 4.74 Å². The molecule has 1 aromatic rings. The second kappa shape index (κ2) is 4.88. The predicted molar refractivity (Wildman–Crippen MR) is 65.0 cm³/mol. The Bertz CT molecular complexity index is 387. The van der Waals surface area contributed by atoms with Gasteiger partial charge in [0.15, 0.2) is 0 Å². The molecule has 0 radical (unpaired) electrons. The molecule has 1 aliphatic carbocycles. The molecule has 0 fully saturated rings. The zero-order chi connectivity index (χ0) is 12.3. The lowest BCUT2D eigenvalue weighted by atomic mass is 9.80. The quantitative estimate of drug-likeness (QED) is 0.795. The van der Waals surface area contributed by atoms with E-state index in [-0.39, 0.29) is 0 Å². The van der Waals surface area contributed by atoms with Crippen LogP contribution < -0.4 is 0 Å². The molecule has 2 rings (SSSR count). The molecule has 17 heavy (non-hydrogen) atoms. The van der Waals surface area contributed by atoms with Crippen molar-refractivity contribution in [3.8, 4) is 0 Å². The van der Waals surface area contributed by atoms with Gasteiger partial charge in [-0.2, -0.15) is 0 Å². The molecule has 1 N–H and O–H groups in total. The second-order valence-electron chi connectivity index (χ2n) is 4.80. The number of ether oxygens (including phenoxy) is 1. The fourth-order valence-corrected chi connectivity index (χ4v) is 2.68. The lowest BCUT2D eigenvalue weighted by molar-refractivity contribution is -0.149. The minimum atomic E-state index is -0.676. The van der Waals surface area contributed by atoms with Crippen LogP contribution in [0.15, 0.2) is 24.3 Å². The minimum Gasteiger partial charge on any atom is -0.481 e. The third kappa shape index (κ3) is 2.34. The molecule has 3 nitrogen and oxygen atoms in total. The fourth-order valence-electron chi connectivity index (χ4n) is 2.68. The molecule has 0 saturated heterocycles. The highest BCUT2D eigenvalue weighted by Crippen LogP contribution is 2.40. The van der Waals surface area contributed by atoms with Crippen LogP contribution in [0.1, 0.15) is 24.0 Å². The number of aliphatic carboxylic acids is 1. The summed E-state index contributed by atoms with van der Waals surface area (Å²) < 4.78 is 5.01. The Hall–Kier alpha value is -1.35. The third-order valence-corrected chi connectivity index (χ3v) is 3.63. The molecule has 1 aromatic carbocycles. The zero-order valence-corrected chi connectivity index (χ0v) is 10.1. The Morgan fingerprint density at radius 2 is 1.94 bits per heavy atom. The van der Waals surface area contributed by atoms with E-state index in [9.17, 15) is 9.90 Å². The van der Waals surface area contributed by atoms with E-state index >= 15 is 0 Å². The van der Waals surface area contributed by atoms with Gasteiger partial charge in [-0.3, -0.25) is 4.79 Å². The minimum absolute atomic E-state index is 0.609. The van der Waals surface area contributed by atoms with Gasteiger partial charge in [0.05, 0.1) is 5.41 Å². The maximum atomic E-state index is 11.5. The van der Waals surface area contributed by atoms with Crippen molar-refractivity contribution in [3.63, 3.8) is 0 Å². The van der Waals surface area contributed by atoms with E-state index in [1.54, 1.807) is 7.11 Å². The maximum absolute atomic E-state index is 11.5. The van der Waals surface area contributed by atoms with Gasteiger partial charge in [-0.15, -0.1) is 0 Å². The van der Waals surface area contributed by atoms with Gasteiger partial charge in [0.2, 0.25) is 0 Å².